The summed E-state index contributed by atoms with van der Waals surface area (Å²) in [5, 5.41) is 12.6. The lowest BCUT2D eigenvalue weighted by Gasteiger charge is -2.38. The Labute approximate surface area is 164 Å². The van der Waals surface area contributed by atoms with E-state index in [1.54, 1.807) is 43.5 Å². The van der Waals surface area contributed by atoms with Gasteiger partial charge in [-0.3, -0.25) is 4.98 Å². The minimum atomic E-state index is -0.687. The van der Waals surface area contributed by atoms with Crippen molar-refractivity contribution in [1.82, 2.24) is 10.3 Å². The van der Waals surface area contributed by atoms with E-state index in [0.29, 0.717) is 29.3 Å². The van der Waals surface area contributed by atoms with Crippen molar-refractivity contribution in [2.45, 2.75) is 38.8 Å². The van der Waals surface area contributed by atoms with E-state index >= 15 is 0 Å². The fourth-order valence-corrected chi connectivity index (χ4v) is 3.13. The Morgan fingerprint density at radius 1 is 1.43 bits per heavy atom. The van der Waals surface area contributed by atoms with Crippen LogP contribution >= 0.6 is 0 Å². The number of rotatable bonds is 3. The highest BCUT2D eigenvalue weighted by atomic mass is 16.5. The number of nitriles is 1. The lowest BCUT2D eigenvalue weighted by atomic mass is 9.88. The first-order valence-electron chi connectivity index (χ1n) is 9.08. The SMILES string of the molecule is CCOC(=O)/N=C(/NC1CC(C)(C)Oc2ccc(C#N)cc21)c1ccccn1. The van der Waals surface area contributed by atoms with Gasteiger partial charge in [0.15, 0.2) is 5.84 Å². The number of amidine groups is 1. The topological polar surface area (TPSA) is 96.6 Å². The average Bonchev–Trinajstić information content (AvgIpc) is 2.67. The van der Waals surface area contributed by atoms with Gasteiger partial charge in [0.2, 0.25) is 0 Å². The zero-order chi connectivity index (χ0) is 20.1. The van der Waals surface area contributed by atoms with Gasteiger partial charge in [0.25, 0.3) is 0 Å². The van der Waals surface area contributed by atoms with Crippen LogP contribution in [-0.2, 0) is 4.74 Å². The molecule has 0 saturated heterocycles. The van der Waals surface area contributed by atoms with E-state index in [9.17, 15) is 10.1 Å². The van der Waals surface area contributed by atoms with Crippen LogP contribution in [-0.4, -0.2) is 29.1 Å². The number of carbonyl (C=O) groups excluding carboxylic acids is 1. The molecule has 2 heterocycles. The van der Waals surface area contributed by atoms with Gasteiger partial charge in [-0.05, 0) is 51.1 Å². The van der Waals surface area contributed by atoms with Crippen LogP contribution in [0.25, 0.3) is 0 Å². The molecule has 0 saturated carbocycles. The molecule has 28 heavy (non-hydrogen) atoms. The second-order valence-electron chi connectivity index (χ2n) is 7.00. The molecule has 1 aromatic carbocycles. The molecule has 1 atom stereocenters. The molecule has 3 rings (SSSR count). The third kappa shape index (κ3) is 4.46. The van der Waals surface area contributed by atoms with Crippen LogP contribution in [0.1, 0.15) is 50.1 Å². The number of aliphatic imine (C=N–C) groups is 1. The number of amides is 1. The predicted molar refractivity (Wildman–Crippen MR) is 104 cm³/mol. The molecule has 7 nitrogen and oxygen atoms in total. The second-order valence-corrected chi connectivity index (χ2v) is 7.00. The summed E-state index contributed by atoms with van der Waals surface area (Å²) in [5.74, 6) is 1.01. The summed E-state index contributed by atoms with van der Waals surface area (Å²) in [6, 6.07) is 12.6. The van der Waals surface area contributed by atoms with E-state index in [-0.39, 0.29) is 12.6 Å². The number of carbonyl (C=O) groups is 1. The van der Waals surface area contributed by atoms with Gasteiger partial charge in [-0.15, -0.1) is 0 Å². The largest absolute Gasteiger partial charge is 0.487 e. The van der Waals surface area contributed by atoms with Gasteiger partial charge >= 0.3 is 6.09 Å². The lowest BCUT2D eigenvalue weighted by Crippen LogP contribution is -2.42. The maximum atomic E-state index is 12.0. The number of ether oxygens (including phenoxy) is 2. The number of pyridine rings is 1. The van der Waals surface area contributed by atoms with E-state index in [1.807, 2.05) is 19.9 Å². The lowest BCUT2D eigenvalue weighted by molar-refractivity contribution is 0.0695. The molecule has 0 aliphatic carbocycles. The van der Waals surface area contributed by atoms with Crippen molar-refractivity contribution in [2.75, 3.05) is 6.61 Å². The molecule has 7 heteroatoms. The third-order valence-corrected chi connectivity index (χ3v) is 4.29. The summed E-state index contributed by atoms with van der Waals surface area (Å²) in [7, 11) is 0. The summed E-state index contributed by atoms with van der Waals surface area (Å²) in [4.78, 5) is 20.4. The van der Waals surface area contributed by atoms with Crippen molar-refractivity contribution in [3.05, 3.63) is 59.4 Å². The molecule has 2 aromatic rings. The monoisotopic (exact) mass is 378 g/mol. The van der Waals surface area contributed by atoms with Gasteiger partial charge in [0.05, 0.1) is 24.3 Å². The first-order chi connectivity index (χ1) is 13.4. The van der Waals surface area contributed by atoms with Gasteiger partial charge in [-0.25, -0.2) is 4.79 Å². The highest BCUT2D eigenvalue weighted by Gasteiger charge is 2.34. The number of nitrogens with zero attached hydrogens (tertiary/aromatic N) is 3. The normalized spacial score (nSPS) is 17.6. The van der Waals surface area contributed by atoms with Gasteiger partial charge in [-0.1, -0.05) is 6.07 Å². The number of aromatic nitrogens is 1. The minimum Gasteiger partial charge on any atom is -0.487 e. The minimum absolute atomic E-state index is 0.220. The Balaban J connectivity index is 2.00. The number of benzene rings is 1. The van der Waals surface area contributed by atoms with E-state index in [4.69, 9.17) is 9.47 Å². The standard InChI is InChI=1S/C21H22N4O3/c1-4-27-20(26)25-19(16-7-5-6-10-23-16)24-17-12-21(2,3)28-18-9-8-14(13-22)11-15(17)18/h5-11,17H,4,12H2,1-3H3,(H,24,25,26). The van der Waals surface area contributed by atoms with Crippen molar-refractivity contribution < 1.29 is 14.3 Å². The van der Waals surface area contributed by atoms with Crippen LogP contribution in [0, 0.1) is 11.3 Å². The van der Waals surface area contributed by atoms with Crippen LogP contribution in [0.3, 0.4) is 0 Å². The Morgan fingerprint density at radius 3 is 2.93 bits per heavy atom. The van der Waals surface area contributed by atoms with Gasteiger partial charge in [0.1, 0.15) is 17.0 Å². The molecule has 0 radical (unpaired) electrons. The quantitative estimate of drug-likeness (QED) is 0.645. The van der Waals surface area contributed by atoms with Crippen molar-refractivity contribution in [3.8, 4) is 11.8 Å². The molecule has 0 bridgehead atoms. The van der Waals surface area contributed by atoms with Gasteiger partial charge in [0, 0.05) is 18.2 Å². The molecule has 1 unspecified atom stereocenters. The molecule has 0 spiro atoms. The molecule has 1 aliphatic rings. The first kappa shape index (κ1) is 19.4. The average molecular weight is 378 g/mol. The maximum Gasteiger partial charge on any atom is 0.435 e. The van der Waals surface area contributed by atoms with E-state index in [1.165, 1.54) is 0 Å². The van der Waals surface area contributed by atoms with Crippen molar-refractivity contribution >= 4 is 11.9 Å². The smallest absolute Gasteiger partial charge is 0.435 e. The third-order valence-electron chi connectivity index (χ3n) is 4.29. The molecule has 1 aliphatic heterocycles. The fraction of sp³-hybridized carbons (Fsp3) is 0.333. The second kappa shape index (κ2) is 8.09. The number of fused-ring (bicyclic) bond motifs is 1. The highest BCUT2D eigenvalue weighted by molar-refractivity contribution is 6.02. The Morgan fingerprint density at radius 2 is 2.25 bits per heavy atom. The summed E-state index contributed by atoms with van der Waals surface area (Å²) in [6.45, 7) is 5.94. The van der Waals surface area contributed by atoms with E-state index in [0.717, 1.165) is 5.56 Å². The van der Waals surface area contributed by atoms with Gasteiger partial charge < -0.3 is 14.8 Å². The predicted octanol–water partition coefficient (Wildman–Crippen LogP) is 3.75. The van der Waals surface area contributed by atoms with Crippen LogP contribution in [0.5, 0.6) is 5.75 Å². The first-order valence-corrected chi connectivity index (χ1v) is 9.08. The zero-order valence-electron chi connectivity index (χ0n) is 16.1. The Bertz CT molecular complexity index is 932. The number of nitrogens with one attached hydrogen (secondary N) is 1. The van der Waals surface area contributed by atoms with Crippen LogP contribution in [0.15, 0.2) is 47.6 Å². The van der Waals surface area contributed by atoms with Crippen molar-refractivity contribution in [2.24, 2.45) is 4.99 Å². The van der Waals surface area contributed by atoms with Crippen LogP contribution in [0.2, 0.25) is 0 Å². The molecule has 1 amide bonds. The number of hydrogen-bond acceptors (Lipinski definition) is 5. The summed E-state index contributed by atoms with van der Waals surface area (Å²) < 4.78 is 11.0. The molecular formula is C21H22N4O3. The van der Waals surface area contributed by atoms with Crippen LogP contribution < -0.4 is 10.1 Å². The molecule has 0 fully saturated rings. The Hall–Kier alpha value is -3.40. The highest BCUT2D eigenvalue weighted by Crippen LogP contribution is 2.40. The van der Waals surface area contributed by atoms with Crippen molar-refractivity contribution in [1.29, 1.82) is 5.26 Å². The molecule has 1 N–H and O–H groups in total. The fourth-order valence-electron chi connectivity index (χ4n) is 3.13. The summed E-state index contributed by atoms with van der Waals surface area (Å²) in [5.41, 5.74) is 1.47. The molecule has 144 valence electrons. The van der Waals surface area contributed by atoms with Gasteiger partial charge in [-0.2, -0.15) is 10.3 Å². The van der Waals surface area contributed by atoms with Crippen molar-refractivity contribution in [3.63, 3.8) is 0 Å². The van der Waals surface area contributed by atoms with E-state index < -0.39 is 11.7 Å². The summed E-state index contributed by atoms with van der Waals surface area (Å²) in [6.07, 6.45) is 1.56. The van der Waals surface area contributed by atoms with E-state index in [2.05, 4.69) is 21.4 Å². The molecule has 1 aromatic heterocycles. The number of hydrogen-bond donors (Lipinski definition) is 1. The molecular weight excluding hydrogens is 356 g/mol. The Kier molecular flexibility index (Phi) is 5.59. The van der Waals surface area contributed by atoms with Crippen LogP contribution in [0.4, 0.5) is 4.79 Å². The maximum absolute atomic E-state index is 12.0. The zero-order valence-corrected chi connectivity index (χ0v) is 16.1. The summed E-state index contributed by atoms with van der Waals surface area (Å²) >= 11 is 0.